The van der Waals surface area contributed by atoms with Gasteiger partial charge in [0.2, 0.25) is 0 Å². The first-order valence-electron chi connectivity index (χ1n) is 7.22. The molecule has 0 bridgehead atoms. The van der Waals surface area contributed by atoms with Gasteiger partial charge in [0.25, 0.3) is 5.91 Å². The van der Waals surface area contributed by atoms with E-state index in [-0.39, 0.29) is 17.5 Å². The highest BCUT2D eigenvalue weighted by atomic mass is 19.1. The van der Waals surface area contributed by atoms with E-state index in [1.807, 2.05) is 14.1 Å². The Bertz CT molecular complexity index is 538. The molecule has 5 heteroatoms. The maximum Gasteiger partial charge on any atom is 0.257 e. The maximum atomic E-state index is 14.2. The molecule has 1 heterocycles. The van der Waals surface area contributed by atoms with Crippen molar-refractivity contribution in [2.45, 2.75) is 38.3 Å². The molecule has 0 spiro atoms. The largest absolute Gasteiger partial charge is 0.388 e. The van der Waals surface area contributed by atoms with E-state index in [4.69, 9.17) is 0 Å². The van der Waals surface area contributed by atoms with Crippen LogP contribution in [0.1, 0.15) is 37.0 Å². The van der Waals surface area contributed by atoms with Crippen molar-refractivity contribution >= 4 is 11.6 Å². The van der Waals surface area contributed by atoms with E-state index < -0.39 is 11.4 Å². The second-order valence-corrected chi connectivity index (χ2v) is 6.37. The van der Waals surface area contributed by atoms with E-state index in [0.717, 1.165) is 12.8 Å². The average Bonchev–Trinajstić information content (AvgIpc) is 2.86. The van der Waals surface area contributed by atoms with Gasteiger partial charge in [-0.3, -0.25) is 4.79 Å². The first-order chi connectivity index (χ1) is 9.71. The summed E-state index contributed by atoms with van der Waals surface area (Å²) in [5.41, 5.74) is -0.201. The lowest BCUT2D eigenvalue weighted by atomic mass is 9.96. The first-order valence-corrected chi connectivity index (χ1v) is 7.22. The number of anilines is 1. The third kappa shape index (κ3) is 3.18. The molecule has 2 rings (SSSR count). The number of halogens is 1. The van der Waals surface area contributed by atoms with Crippen molar-refractivity contribution in [2.75, 3.05) is 25.5 Å². The maximum absolute atomic E-state index is 14.2. The molecule has 1 aliphatic heterocycles. The van der Waals surface area contributed by atoms with Gasteiger partial charge in [0.15, 0.2) is 0 Å². The van der Waals surface area contributed by atoms with Crippen LogP contribution in [0.3, 0.4) is 0 Å². The molecular weight excluding hydrogens is 271 g/mol. The average molecular weight is 294 g/mol. The molecule has 116 valence electrons. The summed E-state index contributed by atoms with van der Waals surface area (Å²) in [7, 11) is 3.64. The number of aliphatic hydroxyl groups is 1. The summed E-state index contributed by atoms with van der Waals surface area (Å²) in [5.74, 6) is -0.866. The lowest BCUT2D eigenvalue weighted by molar-refractivity contribution is 0.000160. The molecule has 0 aromatic heterocycles. The van der Waals surface area contributed by atoms with Crippen LogP contribution in [0.4, 0.5) is 10.1 Å². The molecule has 1 N–H and O–H groups in total. The number of nitrogens with zero attached hydrogens (tertiary/aromatic N) is 2. The highest BCUT2D eigenvalue weighted by Crippen LogP contribution is 2.29. The van der Waals surface area contributed by atoms with Gasteiger partial charge in [0, 0.05) is 26.3 Å². The van der Waals surface area contributed by atoms with Gasteiger partial charge in [0.1, 0.15) is 5.82 Å². The van der Waals surface area contributed by atoms with Crippen LogP contribution in [0.25, 0.3) is 0 Å². The second kappa shape index (κ2) is 5.64. The van der Waals surface area contributed by atoms with E-state index >= 15 is 0 Å². The topological polar surface area (TPSA) is 43.8 Å². The number of benzene rings is 1. The van der Waals surface area contributed by atoms with E-state index in [2.05, 4.69) is 0 Å². The molecule has 1 aromatic rings. The Morgan fingerprint density at radius 2 is 2.10 bits per heavy atom. The van der Waals surface area contributed by atoms with Crippen molar-refractivity contribution in [1.82, 2.24) is 4.90 Å². The Labute approximate surface area is 125 Å². The van der Waals surface area contributed by atoms with Crippen LogP contribution in [0.15, 0.2) is 18.2 Å². The molecule has 0 aliphatic carbocycles. The fourth-order valence-corrected chi connectivity index (χ4v) is 2.85. The van der Waals surface area contributed by atoms with Crippen molar-refractivity contribution in [3.05, 3.63) is 29.6 Å². The summed E-state index contributed by atoms with van der Waals surface area (Å²) in [6, 6.07) is 4.35. The van der Waals surface area contributed by atoms with Crippen molar-refractivity contribution < 1.29 is 14.3 Å². The van der Waals surface area contributed by atoms with Gasteiger partial charge < -0.3 is 14.9 Å². The number of hydrogen-bond acceptors (Lipinski definition) is 3. The minimum absolute atomic E-state index is 0.0664. The van der Waals surface area contributed by atoms with Gasteiger partial charge in [0.05, 0.1) is 17.2 Å². The van der Waals surface area contributed by atoms with E-state index in [1.54, 1.807) is 29.7 Å². The van der Waals surface area contributed by atoms with E-state index in [0.29, 0.717) is 12.2 Å². The summed E-state index contributed by atoms with van der Waals surface area (Å²) in [5, 5.41) is 10.2. The molecule has 0 saturated carbocycles. The number of carbonyl (C=O) groups excluding carboxylic acids is 1. The van der Waals surface area contributed by atoms with Gasteiger partial charge in [-0.05, 0) is 44.9 Å². The normalized spacial score (nSPS) is 19.0. The van der Waals surface area contributed by atoms with Crippen molar-refractivity contribution in [3.63, 3.8) is 0 Å². The van der Waals surface area contributed by atoms with Crippen LogP contribution in [0, 0.1) is 5.82 Å². The molecule has 1 amide bonds. The van der Waals surface area contributed by atoms with Gasteiger partial charge in [-0.15, -0.1) is 0 Å². The molecule has 1 saturated heterocycles. The molecule has 1 aliphatic rings. The molecule has 4 nitrogen and oxygen atoms in total. The van der Waals surface area contributed by atoms with E-state index in [9.17, 15) is 14.3 Å². The fraction of sp³-hybridized carbons (Fsp3) is 0.562. The second-order valence-electron chi connectivity index (χ2n) is 6.37. The lowest BCUT2D eigenvalue weighted by Crippen LogP contribution is -2.48. The highest BCUT2D eigenvalue weighted by molar-refractivity contribution is 5.95. The van der Waals surface area contributed by atoms with Gasteiger partial charge in [-0.25, -0.2) is 4.39 Å². The summed E-state index contributed by atoms with van der Waals surface area (Å²) < 4.78 is 14.2. The van der Waals surface area contributed by atoms with Gasteiger partial charge >= 0.3 is 0 Å². The molecule has 1 fully saturated rings. The SMILES string of the molecule is CN(C)c1ccc(C(=O)N2CCCC2C(C)(C)O)c(F)c1. The summed E-state index contributed by atoms with van der Waals surface area (Å²) in [6.45, 7) is 3.94. The van der Waals surface area contributed by atoms with Gasteiger partial charge in [-0.2, -0.15) is 0 Å². The number of rotatable bonds is 3. The predicted molar refractivity (Wildman–Crippen MR) is 81.1 cm³/mol. The zero-order valence-electron chi connectivity index (χ0n) is 13.1. The molecule has 21 heavy (non-hydrogen) atoms. The third-order valence-corrected chi connectivity index (χ3v) is 4.03. The molecule has 1 atom stereocenters. The third-order valence-electron chi connectivity index (χ3n) is 4.03. The predicted octanol–water partition coefficient (Wildman–Crippen LogP) is 2.27. The standard InChI is InChI=1S/C16H23FN2O2/c1-16(2,21)14-6-5-9-19(14)15(20)12-8-7-11(18(3)4)10-13(12)17/h7-8,10,14,21H,5-6,9H2,1-4H3. The zero-order valence-corrected chi connectivity index (χ0v) is 13.1. The molecule has 1 unspecified atom stereocenters. The summed E-state index contributed by atoms with van der Waals surface area (Å²) >= 11 is 0. The quantitative estimate of drug-likeness (QED) is 0.930. The summed E-state index contributed by atoms with van der Waals surface area (Å²) in [4.78, 5) is 15.9. The van der Waals surface area contributed by atoms with Crippen LogP contribution < -0.4 is 4.90 Å². The Balaban J connectivity index is 2.28. The van der Waals surface area contributed by atoms with Crippen molar-refractivity contribution in [1.29, 1.82) is 0 Å². The molecule has 0 radical (unpaired) electrons. The van der Waals surface area contributed by atoms with Crippen molar-refractivity contribution in [2.24, 2.45) is 0 Å². The number of likely N-dealkylation sites (tertiary alicyclic amines) is 1. The number of hydrogen-bond donors (Lipinski definition) is 1. The zero-order chi connectivity index (χ0) is 15.8. The Hall–Kier alpha value is -1.62. The molecular formula is C16H23FN2O2. The van der Waals surface area contributed by atoms with Crippen LogP contribution in [0.5, 0.6) is 0 Å². The monoisotopic (exact) mass is 294 g/mol. The summed E-state index contributed by atoms with van der Waals surface area (Å²) in [6.07, 6.45) is 1.57. The number of amides is 1. The minimum Gasteiger partial charge on any atom is -0.388 e. The molecule has 1 aromatic carbocycles. The smallest absolute Gasteiger partial charge is 0.257 e. The Morgan fingerprint density at radius 1 is 1.43 bits per heavy atom. The minimum atomic E-state index is -0.980. The van der Waals surface area contributed by atoms with Crippen LogP contribution >= 0.6 is 0 Å². The number of carbonyl (C=O) groups is 1. The first kappa shape index (κ1) is 15.8. The lowest BCUT2D eigenvalue weighted by Gasteiger charge is -2.34. The van der Waals surface area contributed by atoms with Gasteiger partial charge in [-0.1, -0.05) is 0 Å². The fourth-order valence-electron chi connectivity index (χ4n) is 2.85. The van der Waals surface area contributed by atoms with E-state index in [1.165, 1.54) is 12.1 Å². The highest BCUT2D eigenvalue weighted by Gasteiger charge is 2.39. The van der Waals surface area contributed by atoms with Crippen LogP contribution in [-0.2, 0) is 0 Å². The Morgan fingerprint density at radius 3 is 2.62 bits per heavy atom. The van der Waals surface area contributed by atoms with Crippen LogP contribution in [0.2, 0.25) is 0 Å². The van der Waals surface area contributed by atoms with Crippen molar-refractivity contribution in [3.8, 4) is 0 Å². The Kier molecular flexibility index (Phi) is 4.23. The van der Waals surface area contributed by atoms with Crippen LogP contribution in [-0.4, -0.2) is 48.2 Å².